The van der Waals surface area contributed by atoms with Gasteiger partial charge in [0.25, 0.3) is 5.69 Å². The standard InChI is InChI=1S/C14H18N2O4/c1-2-3-9-15(10-7-8-10)13-11(14(17)18)5-4-6-12(13)16(19)20/h4-6,10H,2-3,7-9H2,1H3,(H,17,18). The molecule has 6 heteroatoms. The number of carboxylic acid groups (broad SMARTS) is 1. The van der Waals surface area contributed by atoms with Crippen LogP contribution in [0.15, 0.2) is 18.2 Å². The minimum absolute atomic E-state index is 0.0159. The maximum Gasteiger partial charge on any atom is 0.338 e. The summed E-state index contributed by atoms with van der Waals surface area (Å²) in [6, 6.07) is 4.48. The maximum atomic E-state index is 11.4. The van der Waals surface area contributed by atoms with Crippen molar-refractivity contribution in [3.8, 4) is 0 Å². The minimum Gasteiger partial charge on any atom is -0.478 e. The summed E-state index contributed by atoms with van der Waals surface area (Å²) >= 11 is 0. The van der Waals surface area contributed by atoms with Gasteiger partial charge in [0.1, 0.15) is 5.69 Å². The van der Waals surface area contributed by atoms with Crippen molar-refractivity contribution in [3.63, 3.8) is 0 Å². The second kappa shape index (κ2) is 5.90. The highest BCUT2D eigenvalue weighted by Gasteiger charge is 2.35. The van der Waals surface area contributed by atoms with E-state index in [0.717, 1.165) is 25.7 Å². The first-order valence-electron chi connectivity index (χ1n) is 6.83. The van der Waals surface area contributed by atoms with Crippen molar-refractivity contribution in [1.82, 2.24) is 0 Å². The lowest BCUT2D eigenvalue weighted by atomic mass is 10.1. The molecule has 6 nitrogen and oxygen atoms in total. The van der Waals surface area contributed by atoms with E-state index in [4.69, 9.17) is 0 Å². The van der Waals surface area contributed by atoms with Crippen molar-refractivity contribution in [2.24, 2.45) is 0 Å². The number of hydrogen-bond acceptors (Lipinski definition) is 4. The van der Waals surface area contributed by atoms with E-state index in [1.165, 1.54) is 18.2 Å². The van der Waals surface area contributed by atoms with Gasteiger partial charge in [-0.1, -0.05) is 19.4 Å². The molecule has 20 heavy (non-hydrogen) atoms. The summed E-state index contributed by atoms with van der Waals surface area (Å²) in [4.78, 5) is 24.0. The third kappa shape index (κ3) is 2.89. The van der Waals surface area contributed by atoms with Crippen molar-refractivity contribution in [3.05, 3.63) is 33.9 Å². The number of benzene rings is 1. The van der Waals surface area contributed by atoms with E-state index in [1.54, 1.807) is 0 Å². The number of unbranched alkanes of at least 4 members (excludes halogenated alkanes) is 1. The number of carbonyl (C=O) groups is 1. The van der Waals surface area contributed by atoms with Crippen LogP contribution in [0.3, 0.4) is 0 Å². The molecule has 1 aromatic carbocycles. The molecule has 0 saturated heterocycles. The van der Waals surface area contributed by atoms with Gasteiger partial charge in [-0.2, -0.15) is 0 Å². The van der Waals surface area contributed by atoms with Gasteiger partial charge in [-0.25, -0.2) is 4.79 Å². The molecule has 0 aliphatic heterocycles. The average Bonchev–Trinajstić information content (AvgIpc) is 3.23. The summed E-state index contributed by atoms with van der Waals surface area (Å²) in [6.07, 6.45) is 3.79. The molecule has 0 bridgehead atoms. The van der Waals surface area contributed by atoms with Crippen LogP contribution in [0.4, 0.5) is 11.4 Å². The molecule has 1 N–H and O–H groups in total. The number of nitrogens with zero attached hydrogens (tertiary/aromatic N) is 2. The number of anilines is 1. The van der Waals surface area contributed by atoms with Gasteiger partial charge in [-0.15, -0.1) is 0 Å². The number of rotatable bonds is 7. The number of aromatic carboxylic acids is 1. The number of nitro benzene ring substituents is 1. The number of para-hydroxylation sites is 1. The fraction of sp³-hybridized carbons (Fsp3) is 0.500. The van der Waals surface area contributed by atoms with Crippen LogP contribution in [0.5, 0.6) is 0 Å². The summed E-state index contributed by atoms with van der Waals surface area (Å²) in [5.74, 6) is -1.12. The second-order valence-electron chi connectivity index (χ2n) is 5.01. The third-order valence-corrected chi connectivity index (χ3v) is 3.47. The maximum absolute atomic E-state index is 11.4. The number of carboxylic acids is 1. The summed E-state index contributed by atoms with van der Waals surface area (Å²) < 4.78 is 0. The van der Waals surface area contributed by atoms with Crippen LogP contribution in [-0.2, 0) is 0 Å². The molecule has 108 valence electrons. The Kier molecular flexibility index (Phi) is 4.22. The van der Waals surface area contributed by atoms with Crippen molar-refractivity contribution in [2.45, 2.75) is 38.6 Å². The topological polar surface area (TPSA) is 83.7 Å². The molecule has 0 amide bonds. The lowest BCUT2D eigenvalue weighted by molar-refractivity contribution is -0.384. The van der Waals surface area contributed by atoms with Crippen LogP contribution >= 0.6 is 0 Å². The Labute approximate surface area is 117 Å². The molecule has 1 saturated carbocycles. The van der Waals surface area contributed by atoms with Gasteiger partial charge < -0.3 is 10.0 Å². The molecule has 0 heterocycles. The van der Waals surface area contributed by atoms with Crippen LogP contribution in [0.2, 0.25) is 0 Å². The zero-order valence-corrected chi connectivity index (χ0v) is 11.4. The Hall–Kier alpha value is -2.11. The van der Waals surface area contributed by atoms with E-state index >= 15 is 0 Å². The highest BCUT2D eigenvalue weighted by Crippen LogP contribution is 2.39. The van der Waals surface area contributed by atoms with Crippen LogP contribution in [0.25, 0.3) is 0 Å². The molecule has 0 spiro atoms. The van der Waals surface area contributed by atoms with Crippen molar-refractivity contribution >= 4 is 17.3 Å². The van der Waals surface area contributed by atoms with Crippen LogP contribution < -0.4 is 4.90 Å². The smallest absolute Gasteiger partial charge is 0.338 e. The fourth-order valence-corrected chi connectivity index (χ4v) is 2.34. The van der Waals surface area contributed by atoms with Crippen molar-refractivity contribution < 1.29 is 14.8 Å². The van der Waals surface area contributed by atoms with Crippen LogP contribution in [0, 0.1) is 10.1 Å². The highest BCUT2D eigenvalue weighted by atomic mass is 16.6. The quantitative estimate of drug-likeness (QED) is 0.612. The largest absolute Gasteiger partial charge is 0.478 e. The van der Waals surface area contributed by atoms with E-state index < -0.39 is 10.9 Å². The van der Waals surface area contributed by atoms with Crippen LogP contribution in [0.1, 0.15) is 43.0 Å². The first-order valence-corrected chi connectivity index (χ1v) is 6.83. The van der Waals surface area contributed by atoms with Crippen LogP contribution in [-0.4, -0.2) is 28.6 Å². The summed E-state index contributed by atoms with van der Waals surface area (Å²) in [7, 11) is 0. The normalized spacial score (nSPS) is 14.1. The first-order chi connectivity index (χ1) is 9.56. The van der Waals surface area contributed by atoms with E-state index in [9.17, 15) is 20.0 Å². The Morgan fingerprint density at radius 2 is 2.20 bits per heavy atom. The monoisotopic (exact) mass is 278 g/mol. The first kappa shape index (κ1) is 14.3. The Bertz CT molecular complexity index is 494. The predicted molar refractivity (Wildman–Crippen MR) is 75.3 cm³/mol. The zero-order chi connectivity index (χ0) is 14.7. The highest BCUT2D eigenvalue weighted by molar-refractivity contribution is 5.97. The molecule has 2 rings (SSSR count). The average molecular weight is 278 g/mol. The summed E-state index contributed by atoms with van der Waals surface area (Å²) in [5, 5.41) is 20.5. The Morgan fingerprint density at radius 3 is 2.70 bits per heavy atom. The van der Waals surface area contributed by atoms with E-state index in [2.05, 4.69) is 0 Å². The van der Waals surface area contributed by atoms with Gasteiger partial charge in [0.15, 0.2) is 0 Å². The third-order valence-electron chi connectivity index (χ3n) is 3.47. The lowest BCUT2D eigenvalue weighted by Gasteiger charge is -2.25. The number of hydrogen-bond donors (Lipinski definition) is 1. The molecule has 0 unspecified atom stereocenters. The summed E-state index contributed by atoms with van der Waals surface area (Å²) in [5.41, 5.74) is 0.163. The molecule has 1 aliphatic rings. The van der Waals surface area contributed by atoms with Gasteiger partial charge in [0.2, 0.25) is 0 Å². The SMILES string of the molecule is CCCCN(c1c(C(=O)O)cccc1[N+](=O)[O-])C1CC1. The van der Waals surface area contributed by atoms with Crippen molar-refractivity contribution in [2.75, 3.05) is 11.4 Å². The minimum atomic E-state index is -1.12. The molecule has 1 fully saturated rings. The molecule has 1 aromatic rings. The van der Waals surface area contributed by atoms with Gasteiger partial charge in [0, 0.05) is 18.7 Å². The molecule has 0 aromatic heterocycles. The van der Waals surface area contributed by atoms with E-state index in [-0.39, 0.29) is 23.0 Å². The molecular formula is C14H18N2O4. The Balaban J connectivity index is 2.49. The van der Waals surface area contributed by atoms with E-state index in [0.29, 0.717) is 6.54 Å². The van der Waals surface area contributed by atoms with Gasteiger partial charge in [-0.3, -0.25) is 10.1 Å². The van der Waals surface area contributed by atoms with Gasteiger partial charge >= 0.3 is 5.97 Å². The molecule has 1 aliphatic carbocycles. The zero-order valence-electron chi connectivity index (χ0n) is 11.4. The summed E-state index contributed by atoms with van der Waals surface area (Å²) in [6.45, 7) is 2.70. The molecular weight excluding hydrogens is 260 g/mol. The lowest BCUT2D eigenvalue weighted by Crippen LogP contribution is -2.29. The Morgan fingerprint density at radius 1 is 1.50 bits per heavy atom. The van der Waals surface area contributed by atoms with Crippen molar-refractivity contribution in [1.29, 1.82) is 0 Å². The fourth-order valence-electron chi connectivity index (χ4n) is 2.34. The second-order valence-corrected chi connectivity index (χ2v) is 5.01. The molecule has 0 radical (unpaired) electrons. The van der Waals surface area contributed by atoms with E-state index in [1.807, 2.05) is 11.8 Å². The van der Waals surface area contributed by atoms with Gasteiger partial charge in [-0.05, 0) is 25.3 Å². The number of nitro groups is 1. The molecule has 0 atom stereocenters. The predicted octanol–water partition coefficient (Wildman–Crippen LogP) is 3.06. The van der Waals surface area contributed by atoms with Gasteiger partial charge in [0.05, 0.1) is 10.5 Å².